The molecule has 0 spiro atoms. The number of fused-ring (bicyclic) bond motifs is 1. The average Bonchev–Trinajstić information content (AvgIpc) is 2.95. The largest absolute Gasteiger partial charge is 0.488 e. The first-order chi connectivity index (χ1) is 11.1. The molecule has 1 aromatic carbocycles. The van der Waals surface area contributed by atoms with E-state index in [9.17, 15) is 9.59 Å². The second-order valence-electron chi connectivity index (χ2n) is 6.34. The Morgan fingerprint density at radius 2 is 2.00 bits per heavy atom. The number of primary amides is 1. The van der Waals surface area contributed by atoms with Crippen LogP contribution in [0.1, 0.15) is 24.8 Å². The SMILES string of the molecule is NC(=O)CC1CCN(C(=O)NC[C@H]2Cc3ccccc3O2)CC1. The van der Waals surface area contributed by atoms with Crippen LogP contribution in [0.15, 0.2) is 24.3 Å². The van der Waals surface area contributed by atoms with E-state index in [4.69, 9.17) is 10.5 Å². The van der Waals surface area contributed by atoms with E-state index < -0.39 is 0 Å². The number of nitrogens with one attached hydrogen (secondary N) is 1. The number of carbonyl (C=O) groups is 2. The van der Waals surface area contributed by atoms with Gasteiger partial charge in [0.25, 0.3) is 0 Å². The predicted octanol–water partition coefficient (Wildman–Crippen LogP) is 1.29. The average molecular weight is 317 g/mol. The molecule has 0 unspecified atom stereocenters. The van der Waals surface area contributed by atoms with Gasteiger partial charge in [0.15, 0.2) is 0 Å². The monoisotopic (exact) mass is 317 g/mol. The lowest BCUT2D eigenvalue weighted by Gasteiger charge is -2.31. The van der Waals surface area contributed by atoms with E-state index in [-0.39, 0.29) is 18.0 Å². The van der Waals surface area contributed by atoms with Gasteiger partial charge < -0.3 is 20.7 Å². The zero-order chi connectivity index (χ0) is 16.2. The highest BCUT2D eigenvalue weighted by Crippen LogP contribution is 2.27. The van der Waals surface area contributed by atoms with Gasteiger partial charge in [0, 0.05) is 25.9 Å². The summed E-state index contributed by atoms with van der Waals surface area (Å²) in [6.07, 6.45) is 2.92. The van der Waals surface area contributed by atoms with Crippen molar-refractivity contribution in [3.05, 3.63) is 29.8 Å². The fraction of sp³-hybridized carbons (Fsp3) is 0.529. The Bertz CT molecular complexity index is 557. The minimum Gasteiger partial charge on any atom is -0.488 e. The van der Waals surface area contributed by atoms with Gasteiger partial charge in [0.05, 0.1) is 6.54 Å². The standard InChI is InChI=1S/C17H23N3O3/c18-16(21)9-12-5-7-20(8-6-12)17(22)19-11-14-10-13-3-1-2-4-15(13)23-14/h1-4,12,14H,5-11H2,(H2,18,21)(H,19,22)/t14-/m1/s1. The number of para-hydroxylation sites is 1. The van der Waals surface area contributed by atoms with E-state index in [0.29, 0.717) is 32.0 Å². The lowest BCUT2D eigenvalue weighted by molar-refractivity contribution is -0.119. The highest BCUT2D eigenvalue weighted by molar-refractivity contribution is 5.75. The van der Waals surface area contributed by atoms with Gasteiger partial charge in [-0.05, 0) is 30.4 Å². The summed E-state index contributed by atoms with van der Waals surface area (Å²) >= 11 is 0. The molecule has 2 aliphatic heterocycles. The molecule has 1 aromatic rings. The first kappa shape index (κ1) is 15.6. The Morgan fingerprint density at radius 1 is 1.26 bits per heavy atom. The number of rotatable bonds is 4. The Hall–Kier alpha value is -2.24. The Kier molecular flexibility index (Phi) is 4.69. The molecule has 6 heteroatoms. The topological polar surface area (TPSA) is 84.7 Å². The molecule has 1 fully saturated rings. The third-order valence-corrected chi connectivity index (χ3v) is 4.59. The molecule has 0 saturated carbocycles. The van der Waals surface area contributed by atoms with Gasteiger partial charge >= 0.3 is 6.03 Å². The minimum atomic E-state index is -0.258. The molecule has 0 aromatic heterocycles. The first-order valence-corrected chi connectivity index (χ1v) is 8.17. The van der Waals surface area contributed by atoms with E-state index in [1.54, 1.807) is 4.90 Å². The summed E-state index contributed by atoms with van der Waals surface area (Å²) in [5, 5.41) is 2.96. The van der Waals surface area contributed by atoms with Gasteiger partial charge in [-0.25, -0.2) is 4.79 Å². The van der Waals surface area contributed by atoms with Crippen LogP contribution in [0, 0.1) is 5.92 Å². The van der Waals surface area contributed by atoms with Gasteiger partial charge in [0.2, 0.25) is 5.91 Å². The van der Waals surface area contributed by atoms with Gasteiger partial charge in [0.1, 0.15) is 11.9 Å². The maximum absolute atomic E-state index is 12.2. The minimum absolute atomic E-state index is 0.00347. The second kappa shape index (κ2) is 6.89. The molecule has 2 heterocycles. The van der Waals surface area contributed by atoms with Gasteiger partial charge in [-0.3, -0.25) is 4.79 Å². The van der Waals surface area contributed by atoms with Crippen molar-refractivity contribution < 1.29 is 14.3 Å². The Labute approximate surface area is 136 Å². The highest BCUT2D eigenvalue weighted by atomic mass is 16.5. The van der Waals surface area contributed by atoms with Crippen molar-refractivity contribution in [2.24, 2.45) is 11.7 Å². The van der Waals surface area contributed by atoms with Crippen LogP contribution >= 0.6 is 0 Å². The maximum atomic E-state index is 12.2. The van der Waals surface area contributed by atoms with Crippen LogP contribution < -0.4 is 15.8 Å². The van der Waals surface area contributed by atoms with E-state index in [1.165, 1.54) is 5.56 Å². The Balaban J connectivity index is 1.40. The molecular weight excluding hydrogens is 294 g/mol. The molecule has 6 nitrogen and oxygen atoms in total. The van der Waals surface area contributed by atoms with Crippen LogP contribution in [0.4, 0.5) is 4.79 Å². The molecule has 23 heavy (non-hydrogen) atoms. The summed E-state index contributed by atoms with van der Waals surface area (Å²) in [6, 6.07) is 7.92. The van der Waals surface area contributed by atoms with Crippen molar-refractivity contribution >= 4 is 11.9 Å². The third-order valence-electron chi connectivity index (χ3n) is 4.59. The molecule has 3 amide bonds. The fourth-order valence-corrected chi connectivity index (χ4v) is 3.31. The zero-order valence-electron chi connectivity index (χ0n) is 13.2. The number of nitrogens with zero attached hydrogens (tertiary/aromatic N) is 1. The van der Waals surface area contributed by atoms with Crippen molar-refractivity contribution in [1.82, 2.24) is 10.2 Å². The van der Waals surface area contributed by atoms with Gasteiger partial charge in [-0.1, -0.05) is 18.2 Å². The predicted molar refractivity (Wildman–Crippen MR) is 86.1 cm³/mol. The van der Waals surface area contributed by atoms with Crippen molar-refractivity contribution in [2.45, 2.75) is 31.8 Å². The van der Waals surface area contributed by atoms with Crippen molar-refractivity contribution in [2.75, 3.05) is 19.6 Å². The maximum Gasteiger partial charge on any atom is 0.317 e. The van der Waals surface area contributed by atoms with Crippen LogP contribution in [0.2, 0.25) is 0 Å². The van der Waals surface area contributed by atoms with E-state index in [2.05, 4.69) is 11.4 Å². The van der Waals surface area contributed by atoms with E-state index in [1.807, 2.05) is 18.2 Å². The highest BCUT2D eigenvalue weighted by Gasteiger charge is 2.26. The zero-order valence-corrected chi connectivity index (χ0v) is 13.2. The number of piperidine rings is 1. The summed E-state index contributed by atoms with van der Waals surface area (Å²) in [6.45, 7) is 1.86. The Morgan fingerprint density at radius 3 is 2.70 bits per heavy atom. The normalized spacial score (nSPS) is 20.7. The summed E-state index contributed by atoms with van der Waals surface area (Å²) in [5.74, 6) is 0.967. The number of likely N-dealkylation sites (tertiary alicyclic amines) is 1. The third kappa shape index (κ3) is 3.94. The number of hydrogen-bond acceptors (Lipinski definition) is 3. The summed E-state index contributed by atoms with van der Waals surface area (Å²) < 4.78 is 5.82. The summed E-state index contributed by atoms with van der Waals surface area (Å²) in [7, 11) is 0. The number of urea groups is 1. The number of amides is 3. The molecular formula is C17H23N3O3. The van der Waals surface area contributed by atoms with E-state index >= 15 is 0 Å². The molecule has 1 atom stereocenters. The van der Waals surface area contributed by atoms with Crippen LogP contribution in [0.25, 0.3) is 0 Å². The lowest BCUT2D eigenvalue weighted by atomic mass is 9.93. The summed E-state index contributed by atoms with van der Waals surface area (Å²) in [4.78, 5) is 25.0. The molecule has 124 valence electrons. The van der Waals surface area contributed by atoms with Crippen LogP contribution in [-0.2, 0) is 11.2 Å². The first-order valence-electron chi connectivity index (χ1n) is 8.17. The number of hydrogen-bond donors (Lipinski definition) is 2. The van der Waals surface area contributed by atoms with E-state index in [0.717, 1.165) is 25.0 Å². The van der Waals surface area contributed by atoms with Crippen LogP contribution in [-0.4, -0.2) is 42.6 Å². The van der Waals surface area contributed by atoms with Crippen LogP contribution in [0.5, 0.6) is 5.75 Å². The smallest absolute Gasteiger partial charge is 0.317 e. The second-order valence-corrected chi connectivity index (χ2v) is 6.34. The number of nitrogens with two attached hydrogens (primary N) is 1. The number of ether oxygens (including phenoxy) is 1. The molecule has 0 aliphatic carbocycles. The van der Waals surface area contributed by atoms with Crippen molar-refractivity contribution in [3.8, 4) is 5.75 Å². The van der Waals surface area contributed by atoms with Crippen molar-refractivity contribution in [1.29, 1.82) is 0 Å². The summed E-state index contributed by atoms with van der Waals surface area (Å²) in [5.41, 5.74) is 6.42. The van der Waals surface area contributed by atoms with Gasteiger partial charge in [-0.2, -0.15) is 0 Å². The molecule has 1 saturated heterocycles. The lowest BCUT2D eigenvalue weighted by Crippen LogP contribution is -2.47. The molecule has 2 aliphatic rings. The van der Waals surface area contributed by atoms with Gasteiger partial charge in [-0.15, -0.1) is 0 Å². The molecule has 3 rings (SSSR count). The molecule has 0 radical (unpaired) electrons. The number of carbonyl (C=O) groups excluding carboxylic acids is 2. The number of benzene rings is 1. The fourth-order valence-electron chi connectivity index (χ4n) is 3.31. The quantitative estimate of drug-likeness (QED) is 0.877. The van der Waals surface area contributed by atoms with Crippen LogP contribution in [0.3, 0.4) is 0 Å². The van der Waals surface area contributed by atoms with Crippen molar-refractivity contribution in [3.63, 3.8) is 0 Å². The molecule has 3 N–H and O–H groups in total. The molecule has 0 bridgehead atoms.